The third kappa shape index (κ3) is 6.69. The standard InChI is InChI=1S/C24H29FN2O5S/c1-17(2)15-18-3-5-19(6-4-18)22(28)9-10-24(29)26-20-7-8-21(25)23(16-20)33(30,31)27-11-13-32-14-12-27/h3-8,16-17H,9-15H2,1-2H3,(H,26,29). The molecule has 0 spiro atoms. The molecule has 0 aliphatic carbocycles. The Balaban J connectivity index is 1.60. The molecule has 1 amide bonds. The van der Waals surface area contributed by atoms with E-state index in [4.69, 9.17) is 4.74 Å². The fourth-order valence-electron chi connectivity index (χ4n) is 3.60. The molecule has 1 fully saturated rings. The van der Waals surface area contributed by atoms with E-state index < -0.39 is 26.6 Å². The highest BCUT2D eigenvalue weighted by Gasteiger charge is 2.29. The minimum atomic E-state index is -4.05. The number of ketones is 1. The van der Waals surface area contributed by atoms with Crippen LogP contribution in [0.5, 0.6) is 0 Å². The van der Waals surface area contributed by atoms with Crippen molar-refractivity contribution in [1.82, 2.24) is 4.31 Å². The molecule has 1 saturated heterocycles. The minimum absolute atomic E-state index is 0.00941. The zero-order valence-corrected chi connectivity index (χ0v) is 19.7. The number of Topliss-reactive ketones (excluding diaryl/α,β-unsaturated/α-hetero) is 1. The molecule has 1 aliphatic heterocycles. The zero-order chi connectivity index (χ0) is 24.0. The maximum Gasteiger partial charge on any atom is 0.246 e. The van der Waals surface area contributed by atoms with E-state index in [0.717, 1.165) is 28.4 Å². The number of anilines is 1. The van der Waals surface area contributed by atoms with Gasteiger partial charge < -0.3 is 10.1 Å². The molecule has 9 heteroatoms. The predicted octanol–water partition coefficient (Wildman–Crippen LogP) is 3.65. The van der Waals surface area contributed by atoms with Crippen LogP contribution < -0.4 is 5.32 Å². The van der Waals surface area contributed by atoms with Gasteiger partial charge in [0.2, 0.25) is 15.9 Å². The van der Waals surface area contributed by atoms with E-state index in [0.29, 0.717) is 11.5 Å². The lowest BCUT2D eigenvalue weighted by Crippen LogP contribution is -2.40. The first-order valence-corrected chi connectivity index (χ1v) is 12.4. The highest BCUT2D eigenvalue weighted by molar-refractivity contribution is 7.89. The third-order valence-electron chi connectivity index (χ3n) is 5.30. The number of carbonyl (C=O) groups is 2. The Labute approximate surface area is 194 Å². The van der Waals surface area contributed by atoms with Crippen molar-refractivity contribution < 1.29 is 27.1 Å². The van der Waals surface area contributed by atoms with E-state index in [2.05, 4.69) is 19.2 Å². The number of nitrogens with zero attached hydrogens (tertiary/aromatic N) is 1. The van der Waals surface area contributed by atoms with Crippen LogP contribution >= 0.6 is 0 Å². The second-order valence-electron chi connectivity index (χ2n) is 8.43. The Morgan fingerprint density at radius 1 is 1.06 bits per heavy atom. The van der Waals surface area contributed by atoms with Gasteiger partial charge in [0.1, 0.15) is 10.7 Å². The number of sulfonamides is 1. The summed E-state index contributed by atoms with van der Waals surface area (Å²) in [6, 6.07) is 10.8. The van der Waals surface area contributed by atoms with Gasteiger partial charge >= 0.3 is 0 Å². The van der Waals surface area contributed by atoms with Crippen molar-refractivity contribution >= 4 is 27.4 Å². The number of hydrogen-bond donors (Lipinski definition) is 1. The van der Waals surface area contributed by atoms with Crippen LogP contribution in [0.2, 0.25) is 0 Å². The van der Waals surface area contributed by atoms with Crippen LogP contribution in [0, 0.1) is 11.7 Å². The van der Waals surface area contributed by atoms with Gasteiger partial charge in [-0.15, -0.1) is 0 Å². The lowest BCUT2D eigenvalue weighted by Gasteiger charge is -2.26. The average molecular weight is 477 g/mol. The van der Waals surface area contributed by atoms with Crippen molar-refractivity contribution in [3.63, 3.8) is 0 Å². The summed E-state index contributed by atoms with van der Waals surface area (Å²) in [5.41, 5.74) is 1.84. The van der Waals surface area contributed by atoms with Crippen LogP contribution in [0.15, 0.2) is 47.4 Å². The van der Waals surface area contributed by atoms with Gasteiger partial charge in [-0.25, -0.2) is 12.8 Å². The van der Waals surface area contributed by atoms with Gasteiger partial charge in [-0.05, 0) is 36.1 Å². The molecular weight excluding hydrogens is 447 g/mol. The molecule has 33 heavy (non-hydrogen) atoms. The number of halogens is 1. The Bertz CT molecular complexity index is 1090. The number of carbonyl (C=O) groups excluding carboxylic acids is 2. The Morgan fingerprint density at radius 2 is 1.73 bits per heavy atom. The van der Waals surface area contributed by atoms with Gasteiger partial charge in [-0.2, -0.15) is 4.31 Å². The predicted molar refractivity (Wildman–Crippen MR) is 123 cm³/mol. The monoisotopic (exact) mass is 476 g/mol. The molecule has 0 unspecified atom stereocenters. The molecule has 0 bridgehead atoms. The molecule has 2 aromatic rings. The molecular formula is C24H29FN2O5S. The van der Waals surface area contributed by atoms with Crippen LogP contribution in [0.25, 0.3) is 0 Å². The van der Waals surface area contributed by atoms with Crippen LogP contribution in [-0.4, -0.2) is 50.7 Å². The van der Waals surface area contributed by atoms with Crippen molar-refractivity contribution in [1.29, 1.82) is 0 Å². The second-order valence-corrected chi connectivity index (χ2v) is 10.3. The Kier molecular flexibility index (Phi) is 8.34. The summed E-state index contributed by atoms with van der Waals surface area (Å²) in [6.45, 7) is 5.01. The number of amides is 1. The van der Waals surface area contributed by atoms with E-state index in [1.807, 2.05) is 12.1 Å². The molecule has 1 aliphatic rings. The van der Waals surface area contributed by atoms with Crippen LogP contribution in [0.3, 0.4) is 0 Å². The summed E-state index contributed by atoms with van der Waals surface area (Å²) in [7, 11) is -4.05. The lowest BCUT2D eigenvalue weighted by molar-refractivity contribution is -0.116. The van der Waals surface area contributed by atoms with Gasteiger partial charge in [0.05, 0.1) is 13.2 Å². The number of morpholine rings is 1. The van der Waals surface area contributed by atoms with E-state index in [1.165, 1.54) is 6.07 Å². The Morgan fingerprint density at radius 3 is 2.36 bits per heavy atom. The van der Waals surface area contributed by atoms with Crippen LogP contribution in [0.4, 0.5) is 10.1 Å². The Hall–Kier alpha value is -2.62. The molecule has 1 N–H and O–H groups in total. The summed E-state index contributed by atoms with van der Waals surface area (Å²) in [4.78, 5) is 24.3. The van der Waals surface area contributed by atoms with Gasteiger partial charge in [0, 0.05) is 37.2 Å². The first kappa shape index (κ1) is 25.0. The second kappa shape index (κ2) is 11.0. The van der Waals surface area contributed by atoms with Gasteiger partial charge in [-0.3, -0.25) is 9.59 Å². The average Bonchev–Trinajstić information content (AvgIpc) is 2.79. The molecule has 0 radical (unpaired) electrons. The normalized spacial score (nSPS) is 14.9. The largest absolute Gasteiger partial charge is 0.379 e. The van der Waals surface area contributed by atoms with Crippen molar-refractivity contribution in [2.45, 2.75) is 38.0 Å². The molecule has 0 saturated carbocycles. The molecule has 178 valence electrons. The molecule has 0 atom stereocenters. The number of nitrogens with one attached hydrogen (secondary N) is 1. The summed E-state index contributed by atoms with van der Waals surface area (Å²) in [5.74, 6) is -0.987. The van der Waals surface area contributed by atoms with E-state index in [1.54, 1.807) is 12.1 Å². The smallest absolute Gasteiger partial charge is 0.246 e. The summed E-state index contributed by atoms with van der Waals surface area (Å²) in [5, 5.41) is 2.56. The number of hydrogen-bond acceptors (Lipinski definition) is 5. The fraction of sp³-hybridized carbons (Fsp3) is 0.417. The van der Waals surface area contributed by atoms with E-state index in [9.17, 15) is 22.4 Å². The molecule has 1 heterocycles. The quantitative estimate of drug-likeness (QED) is 0.558. The van der Waals surface area contributed by atoms with Crippen LogP contribution in [-0.2, 0) is 26.0 Å². The number of rotatable bonds is 9. The molecule has 3 rings (SSSR count). The number of benzene rings is 2. The summed E-state index contributed by atoms with van der Waals surface area (Å²) >= 11 is 0. The fourth-order valence-corrected chi connectivity index (χ4v) is 5.10. The van der Waals surface area contributed by atoms with Gasteiger partial charge in [-0.1, -0.05) is 38.1 Å². The van der Waals surface area contributed by atoms with Crippen molar-refractivity contribution in [3.8, 4) is 0 Å². The van der Waals surface area contributed by atoms with Crippen molar-refractivity contribution in [2.75, 3.05) is 31.6 Å². The minimum Gasteiger partial charge on any atom is -0.379 e. The van der Waals surface area contributed by atoms with Crippen LogP contribution in [0.1, 0.15) is 42.6 Å². The van der Waals surface area contributed by atoms with Gasteiger partial charge in [0.15, 0.2) is 5.78 Å². The summed E-state index contributed by atoms with van der Waals surface area (Å²) < 4.78 is 46.2. The van der Waals surface area contributed by atoms with Crippen molar-refractivity contribution in [2.24, 2.45) is 5.92 Å². The van der Waals surface area contributed by atoms with E-state index >= 15 is 0 Å². The van der Waals surface area contributed by atoms with Crippen molar-refractivity contribution in [3.05, 3.63) is 59.4 Å². The maximum atomic E-state index is 14.3. The molecule has 0 aromatic heterocycles. The topological polar surface area (TPSA) is 92.8 Å². The zero-order valence-electron chi connectivity index (χ0n) is 18.8. The SMILES string of the molecule is CC(C)Cc1ccc(C(=O)CCC(=O)Nc2ccc(F)c(S(=O)(=O)N3CCOCC3)c2)cc1. The highest BCUT2D eigenvalue weighted by atomic mass is 32.2. The van der Waals surface area contributed by atoms with Gasteiger partial charge in [0.25, 0.3) is 0 Å². The third-order valence-corrected chi connectivity index (χ3v) is 7.22. The van der Waals surface area contributed by atoms with E-state index in [-0.39, 0.29) is 50.6 Å². The lowest BCUT2D eigenvalue weighted by atomic mass is 9.99. The molecule has 7 nitrogen and oxygen atoms in total. The number of ether oxygens (including phenoxy) is 1. The first-order valence-electron chi connectivity index (χ1n) is 11.0. The highest BCUT2D eigenvalue weighted by Crippen LogP contribution is 2.24. The first-order chi connectivity index (χ1) is 15.7. The molecule has 2 aromatic carbocycles. The summed E-state index contributed by atoms with van der Waals surface area (Å²) in [6.07, 6.45) is 0.864. The maximum absolute atomic E-state index is 14.3.